The van der Waals surface area contributed by atoms with E-state index < -0.39 is 12.0 Å². The number of aromatic nitrogens is 1. The largest absolute Gasteiger partial charge is 0.480 e. The molecule has 1 unspecified atom stereocenters. The van der Waals surface area contributed by atoms with Crippen molar-refractivity contribution in [1.29, 1.82) is 0 Å². The van der Waals surface area contributed by atoms with Crippen molar-refractivity contribution < 1.29 is 19.2 Å². The molecule has 1 aromatic rings. The number of amides is 1. The van der Waals surface area contributed by atoms with Crippen molar-refractivity contribution >= 4 is 17.8 Å². The van der Waals surface area contributed by atoms with Gasteiger partial charge in [-0.25, -0.2) is 0 Å². The Hall–Kier alpha value is -1.89. The van der Waals surface area contributed by atoms with Gasteiger partial charge in [0.1, 0.15) is 6.04 Å². The second-order valence-electron chi connectivity index (χ2n) is 5.72. The van der Waals surface area contributed by atoms with Crippen LogP contribution in [0.2, 0.25) is 0 Å². The molecular formula is C14H23N3O4. The smallest absolute Gasteiger partial charge is 0.320 e. The summed E-state index contributed by atoms with van der Waals surface area (Å²) in [7, 11) is 0. The fourth-order valence-corrected chi connectivity index (χ4v) is 1.76. The molecule has 1 heterocycles. The molecule has 1 rings (SSSR count). The monoisotopic (exact) mass is 297 g/mol. The van der Waals surface area contributed by atoms with Crippen molar-refractivity contribution in [2.45, 2.75) is 46.1 Å². The summed E-state index contributed by atoms with van der Waals surface area (Å²) in [5, 5.41) is 18.2. The Bertz CT molecular complexity index is 482. The molecular weight excluding hydrogens is 274 g/mol. The van der Waals surface area contributed by atoms with E-state index in [9.17, 15) is 9.59 Å². The van der Waals surface area contributed by atoms with Crippen LogP contribution in [0, 0.1) is 5.92 Å². The highest BCUT2D eigenvalue weighted by molar-refractivity contribution is 5.91. The third-order valence-corrected chi connectivity index (χ3v) is 2.90. The normalized spacial score (nSPS) is 12.7. The van der Waals surface area contributed by atoms with Gasteiger partial charge in [0.15, 0.2) is 0 Å². The van der Waals surface area contributed by atoms with Gasteiger partial charge in [-0.3, -0.25) is 20.2 Å². The topological polar surface area (TPSA) is 104 Å². The van der Waals surface area contributed by atoms with Crippen LogP contribution in [0.15, 0.2) is 10.6 Å². The highest BCUT2D eigenvalue weighted by Crippen LogP contribution is 2.17. The van der Waals surface area contributed by atoms with E-state index >= 15 is 0 Å². The van der Waals surface area contributed by atoms with Crippen LogP contribution >= 0.6 is 0 Å². The van der Waals surface area contributed by atoms with Gasteiger partial charge in [-0.05, 0) is 18.3 Å². The van der Waals surface area contributed by atoms with E-state index in [1.807, 2.05) is 27.7 Å². The Morgan fingerprint density at radius 1 is 1.33 bits per heavy atom. The number of rotatable bonds is 8. The molecule has 7 nitrogen and oxygen atoms in total. The minimum atomic E-state index is -0.960. The van der Waals surface area contributed by atoms with Crippen LogP contribution in [0.5, 0.6) is 0 Å². The SMILES string of the molecule is CC(C)CC(NCC(=O)Nc1cc(C(C)C)no1)C(=O)O. The molecule has 0 bridgehead atoms. The molecule has 1 aromatic heterocycles. The number of nitrogens with zero attached hydrogens (tertiary/aromatic N) is 1. The molecule has 118 valence electrons. The summed E-state index contributed by atoms with van der Waals surface area (Å²) >= 11 is 0. The van der Waals surface area contributed by atoms with Crippen LogP contribution in [0.3, 0.4) is 0 Å². The summed E-state index contributed by atoms with van der Waals surface area (Å²) in [6.07, 6.45) is 0.461. The molecule has 3 N–H and O–H groups in total. The molecule has 0 spiro atoms. The van der Waals surface area contributed by atoms with Crippen molar-refractivity contribution in [2.75, 3.05) is 11.9 Å². The maximum Gasteiger partial charge on any atom is 0.320 e. The number of carboxylic acids is 1. The second-order valence-corrected chi connectivity index (χ2v) is 5.72. The zero-order chi connectivity index (χ0) is 16.0. The number of hydrogen-bond donors (Lipinski definition) is 3. The van der Waals surface area contributed by atoms with Crippen LogP contribution in [-0.2, 0) is 9.59 Å². The van der Waals surface area contributed by atoms with E-state index in [4.69, 9.17) is 9.63 Å². The van der Waals surface area contributed by atoms with E-state index in [0.29, 0.717) is 6.42 Å². The van der Waals surface area contributed by atoms with Crippen molar-refractivity contribution in [1.82, 2.24) is 10.5 Å². The summed E-state index contributed by atoms with van der Waals surface area (Å²) in [4.78, 5) is 22.8. The Labute approximate surface area is 124 Å². The number of nitrogens with one attached hydrogen (secondary N) is 2. The summed E-state index contributed by atoms with van der Waals surface area (Å²) in [6, 6.07) is 0.919. The van der Waals surface area contributed by atoms with Gasteiger partial charge >= 0.3 is 5.97 Å². The first-order valence-corrected chi connectivity index (χ1v) is 7.02. The average molecular weight is 297 g/mol. The predicted octanol–water partition coefficient (Wildman–Crippen LogP) is 1.83. The Morgan fingerprint density at radius 3 is 2.48 bits per heavy atom. The molecule has 0 aliphatic carbocycles. The molecule has 0 aliphatic rings. The third-order valence-electron chi connectivity index (χ3n) is 2.90. The molecule has 7 heteroatoms. The lowest BCUT2D eigenvalue weighted by molar-refractivity contribution is -0.139. The average Bonchev–Trinajstić information content (AvgIpc) is 2.82. The quantitative estimate of drug-likeness (QED) is 0.676. The zero-order valence-corrected chi connectivity index (χ0v) is 12.8. The standard InChI is InChI=1S/C14H23N3O4/c1-8(2)5-11(14(19)20)15-7-12(18)16-13-6-10(9(3)4)17-21-13/h6,8-9,11,15H,5,7H2,1-4H3,(H,16,18)(H,19,20). The van der Waals surface area contributed by atoms with Gasteiger partial charge in [-0.15, -0.1) is 0 Å². The number of aliphatic carboxylic acids is 1. The van der Waals surface area contributed by atoms with Crippen molar-refractivity contribution in [2.24, 2.45) is 5.92 Å². The molecule has 0 aliphatic heterocycles. The predicted molar refractivity (Wildman–Crippen MR) is 78.1 cm³/mol. The van der Waals surface area contributed by atoms with E-state index in [-0.39, 0.29) is 30.2 Å². The Morgan fingerprint density at radius 2 is 2.00 bits per heavy atom. The van der Waals surface area contributed by atoms with E-state index in [2.05, 4.69) is 15.8 Å². The number of carbonyl (C=O) groups excluding carboxylic acids is 1. The first-order chi connectivity index (χ1) is 9.79. The van der Waals surface area contributed by atoms with Gasteiger partial charge in [0.25, 0.3) is 0 Å². The zero-order valence-electron chi connectivity index (χ0n) is 12.8. The fraction of sp³-hybridized carbons (Fsp3) is 0.643. The first kappa shape index (κ1) is 17.2. The lowest BCUT2D eigenvalue weighted by atomic mass is 10.0. The van der Waals surface area contributed by atoms with Gasteiger partial charge in [0.2, 0.25) is 11.8 Å². The Kier molecular flexibility index (Phi) is 6.36. The summed E-state index contributed by atoms with van der Waals surface area (Å²) in [6.45, 7) is 7.70. The van der Waals surface area contributed by atoms with Crippen molar-refractivity contribution in [3.8, 4) is 0 Å². The number of anilines is 1. The molecule has 0 radical (unpaired) electrons. The Balaban J connectivity index is 2.46. The molecule has 1 atom stereocenters. The number of hydrogen-bond acceptors (Lipinski definition) is 5. The summed E-state index contributed by atoms with van der Waals surface area (Å²) in [5.74, 6) is -0.625. The number of carbonyl (C=O) groups is 2. The molecule has 21 heavy (non-hydrogen) atoms. The minimum Gasteiger partial charge on any atom is -0.480 e. The van der Waals surface area contributed by atoms with Gasteiger partial charge in [0, 0.05) is 6.07 Å². The van der Waals surface area contributed by atoms with E-state index in [0.717, 1.165) is 5.69 Å². The highest BCUT2D eigenvalue weighted by atomic mass is 16.5. The van der Waals surface area contributed by atoms with Gasteiger partial charge in [0.05, 0.1) is 12.2 Å². The molecule has 0 saturated heterocycles. The molecule has 1 amide bonds. The lowest BCUT2D eigenvalue weighted by Gasteiger charge is -2.15. The summed E-state index contributed by atoms with van der Waals surface area (Å²) in [5.41, 5.74) is 0.751. The highest BCUT2D eigenvalue weighted by Gasteiger charge is 2.19. The second kappa shape index (κ2) is 7.78. The molecule has 0 fully saturated rings. The lowest BCUT2D eigenvalue weighted by Crippen LogP contribution is -2.42. The van der Waals surface area contributed by atoms with Crippen LogP contribution in [-0.4, -0.2) is 34.7 Å². The van der Waals surface area contributed by atoms with Crippen LogP contribution in [0.25, 0.3) is 0 Å². The third kappa shape index (κ3) is 5.95. The van der Waals surface area contributed by atoms with Gasteiger partial charge in [-0.1, -0.05) is 32.9 Å². The van der Waals surface area contributed by atoms with Crippen LogP contribution in [0.4, 0.5) is 5.88 Å². The van der Waals surface area contributed by atoms with Gasteiger partial charge in [-0.2, -0.15) is 0 Å². The van der Waals surface area contributed by atoms with E-state index in [1.165, 1.54) is 0 Å². The maximum absolute atomic E-state index is 11.8. The van der Waals surface area contributed by atoms with Gasteiger partial charge < -0.3 is 9.63 Å². The molecule has 0 aromatic carbocycles. The van der Waals surface area contributed by atoms with Crippen LogP contribution in [0.1, 0.15) is 45.7 Å². The fourth-order valence-electron chi connectivity index (χ4n) is 1.76. The van der Waals surface area contributed by atoms with Crippen LogP contribution < -0.4 is 10.6 Å². The maximum atomic E-state index is 11.8. The molecule has 0 saturated carbocycles. The summed E-state index contributed by atoms with van der Waals surface area (Å²) < 4.78 is 4.99. The number of carboxylic acid groups (broad SMARTS) is 1. The van der Waals surface area contributed by atoms with Crippen molar-refractivity contribution in [3.05, 3.63) is 11.8 Å². The minimum absolute atomic E-state index is 0.0958. The van der Waals surface area contributed by atoms with Crippen molar-refractivity contribution in [3.63, 3.8) is 0 Å². The first-order valence-electron chi connectivity index (χ1n) is 7.02. The van der Waals surface area contributed by atoms with E-state index in [1.54, 1.807) is 6.07 Å².